The molecule has 7 nitrogen and oxygen atoms in total. The largest absolute Gasteiger partial charge is 0.391 e. The second-order valence-electron chi connectivity index (χ2n) is 6.94. The molecular formula is C20H22FN5O2. The minimum atomic E-state index is -0.466. The van der Waals surface area contributed by atoms with Gasteiger partial charge < -0.3 is 20.2 Å². The number of fused-ring (bicyclic) bond motifs is 1. The molecule has 1 fully saturated rings. The van der Waals surface area contributed by atoms with Crippen molar-refractivity contribution in [3.8, 4) is 0 Å². The van der Waals surface area contributed by atoms with Gasteiger partial charge in [0.1, 0.15) is 17.3 Å². The van der Waals surface area contributed by atoms with Crippen molar-refractivity contribution in [2.75, 3.05) is 43.4 Å². The highest BCUT2D eigenvalue weighted by atomic mass is 19.1. The summed E-state index contributed by atoms with van der Waals surface area (Å²) in [7, 11) is 2.10. The second kappa shape index (κ2) is 7.57. The third-order valence-electron chi connectivity index (χ3n) is 5.02. The Morgan fingerprint density at radius 3 is 2.68 bits per heavy atom. The summed E-state index contributed by atoms with van der Waals surface area (Å²) in [6.07, 6.45) is 1.68. The summed E-state index contributed by atoms with van der Waals surface area (Å²) in [6.45, 7) is 3.29. The number of aliphatic hydroxyl groups excluding tert-OH is 1. The SMILES string of the molecule is CN1CCN(c2ccn3c(=O)c(CO)c(Nc4cccc(F)c4)nc3c2)CC1. The molecule has 0 amide bonds. The summed E-state index contributed by atoms with van der Waals surface area (Å²) in [5.41, 5.74) is 1.71. The third-order valence-corrected chi connectivity index (χ3v) is 5.02. The molecule has 8 heteroatoms. The van der Waals surface area contributed by atoms with E-state index in [9.17, 15) is 14.3 Å². The fraction of sp³-hybridized carbons (Fsp3) is 0.300. The second-order valence-corrected chi connectivity index (χ2v) is 6.94. The smallest absolute Gasteiger partial charge is 0.265 e. The Balaban J connectivity index is 1.75. The average molecular weight is 383 g/mol. The van der Waals surface area contributed by atoms with Gasteiger partial charge >= 0.3 is 0 Å². The summed E-state index contributed by atoms with van der Waals surface area (Å²) in [5.74, 6) is -0.168. The number of hydrogen-bond donors (Lipinski definition) is 2. The van der Waals surface area contributed by atoms with E-state index in [1.165, 1.54) is 16.5 Å². The van der Waals surface area contributed by atoms with Gasteiger partial charge in [-0.15, -0.1) is 0 Å². The van der Waals surface area contributed by atoms with E-state index in [0.29, 0.717) is 11.3 Å². The monoisotopic (exact) mass is 383 g/mol. The molecule has 1 aromatic carbocycles. The molecule has 146 valence electrons. The number of aromatic nitrogens is 2. The van der Waals surface area contributed by atoms with E-state index in [-0.39, 0.29) is 16.9 Å². The Morgan fingerprint density at radius 2 is 1.96 bits per heavy atom. The van der Waals surface area contributed by atoms with Crippen LogP contribution < -0.4 is 15.8 Å². The lowest BCUT2D eigenvalue weighted by atomic mass is 10.2. The van der Waals surface area contributed by atoms with Crippen LogP contribution in [0.15, 0.2) is 47.4 Å². The first-order valence-electron chi connectivity index (χ1n) is 9.17. The van der Waals surface area contributed by atoms with Crippen LogP contribution in [0, 0.1) is 5.82 Å². The first-order chi connectivity index (χ1) is 13.5. The van der Waals surface area contributed by atoms with Crippen LogP contribution in [0.25, 0.3) is 5.65 Å². The molecule has 2 N–H and O–H groups in total. The maximum atomic E-state index is 13.5. The van der Waals surface area contributed by atoms with Gasteiger partial charge in [-0.3, -0.25) is 9.20 Å². The lowest BCUT2D eigenvalue weighted by Gasteiger charge is -2.34. The topological polar surface area (TPSA) is 73.1 Å². The van der Waals surface area contributed by atoms with Gasteiger partial charge in [-0.25, -0.2) is 9.37 Å². The first kappa shape index (κ1) is 18.4. The maximum absolute atomic E-state index is 13.5. The van der Waals surface area contributed by atoms with Crippen molar-refractivity contribution < 1.29 is 9.50 Å². The van der Waals surface area contributed by atoms with Gasteiger partial charge in [0.15, 0.2) is 0 Å². The van der Waals surface area contributed by atoms with Gasteiger partial charge in [0.25, 0.3) is 5.56 Å². The Hall–Kier alpha value is -2.97. The Morgan fingerprint density at radius 1 is 1.18 bits per heavy atom. The molecule has 0 saturated carbocycles. The number of anilines is 3. The van der Waals surface area contributed by atoms with Crippen LogP contribution in [-0.2, 0) is 6.61 Å². The first-order valence-corrected chi connectivity index (χ1v) is 9.17. The summed E-state index contributed by atoms with van der Waals surface area (Å²) >= 11 is 0. The number of aliphatic hydroxyl groups is 1. The molecule has 2 aromatic heterocycles. The summed E-state index contributed by atoms with van der Waals surface area (Å²) in [6, 6.07) is 9.64. The molecule has 0 aliphatic carbocycles. The van der Waals surface area contributed by atoms with Crippen molar-refractivity contribution in [1.82, 2.24) is 14.3 Å². The zero-order valence-electron chi connectivity index (χ0n) is 15.6. The number of pyridine rings is 1. The molecule has 1 saturated heterocycles. The number of nitrogens with zero attached hydrogens (tertiary/aromatic N) is 4. The van der Waals surface area contributed by atoms with Crippen LogP contribution in [0.3, 0.4) is 0 Å². The summed E-state index contributed by atoms with van der Waals surface area (Å²) in [5, 5.41) is 12.7. The Kier molecular flexibility index (Phi) is 4.97. The van der Waals surface area contributed by atoms with Gasteiger partial charge in [0, 0.05) is 49.8 Å². The molecule has 0 atom stereocenters. The molecule has 1 aliphatic heterocycles. The molecule has 0 bridgehead atoms. The van der Waals surface area contributed by atoms with Crippen LogP contribution in [-0.4, -0.2) is 52.6 Å². The van der Waals surface area contributed by atoms with Crippen molar-refractivity contribution >= 4 is 22.8 Å². The Labute approximate surface area is 161 Å². The molecule has 4 rings (SSSR count). The predicted molar refractivity (Wildman–Crippen MR) is 107 cm³/mol. The van der Waals surface area contributed by atoms with Crippen molar-refractivity contribution in [1.29, 1.82) is 0 Å². The maximum Gasteiger partial charge on any atom is 0.265 e. The normalized spacial score (nSPS) is 15.2. The van der Waals surface area contributed by atoms with Crippen molar-refractivity contribution in [2.45, 2.75) is 6.61 Å². The summed E-state index contributed by atoms with van der Waals surface area (Å²) < 4.78 is 14.9. The zero-order chi connectivity index (χ0) is 19.7. The molecule has 1 aliphatic rings. The number of hydrogen-bond acceptors (Lipinski definition) is 6. The lowest BCUT2D eigenvalue weighted by molar-refractivity contribution is 0.280. The third kappa shape index (κ3) is 3.56. The van der Waals surface area contributed by atoms with Gasteiger partial charge in [0.2, 0.25) is 0 Å². The average Bonchev–Trinajstić information content (AvgIpc) is 2.68. The lowest BCUT2D eigenvalue weighted by Crippen LogP contribution is -2.44. The van der Waals surface area contributed by atoms with Crippen LogP contribution in [0.2, 0.25) is 0 Å². The fourth-order valence-corrected chi connectivity index (χ4v) is 3.37. The van der Waals surface area contributed by atoms with Crippen LogP contribution >= 0.6 is 0 Å². The van der Waals surface area contributed by atoms with Crippen molar-refractivity contribution in [3.05, 3.63) is 64.3 Å². The van der Waals surface area contributed by atoms with E-state index in [1.54, 1.807) is 18.3 Å². The van der Waals surface area contributed by atoms with E-state index >= 15 is 0 Å². The van der Waals surface area contributed by atoms with E-state index in [1.807, 2.05) is 12.1 Å². The van der Waals surface area contributed by atoms with E-state index < -0.39 is 12.4 Å². The quantitative estimate of drug-likeness (QED) is 0.716. The molecular weight excluding hydrogens is 361 g/mol. The highest BCUT2D eigenvalue weighted by Gasteiger charge is 2.17. The highest BCUT2D eigenvalue weighted by molar-refractivity contribution is 5.64. The highest BCUT2D eigenvalue weighted by Crippen LogP contribution is 2.21. The molecule has 0 spiro atoms. The minimum Gasteiger partial charge on any atom is -0.391 e. The van der Waals surface area contributed by atoms with Gasteiger partial charge in [-0.2, -0.15) is 0 Å². The van der Waals surface area contributed by atoms with E-state index in [2.05, 4.69) is 27.1 Å². The van der Waals surface area contributed by atoms with Crippen LogP contribution in [0.5, 0.6) is 0 Å². The van der Waals surface area contributed by atoms with Gasteiger partial charge in [-0.1, -0.05) is 6.07 Å². The number of rotatable bonds is 4. The van der Waals surface area contributed by atoms with Crippen molar-refractivity contribution in [2.24, 2.45) is 0 Å². The number of piperazine rings is 1. The zero-order valence-corrected chi connectivity index (χ0v) is 15.6. The molecule has 0 radical (unpaired) electrons. The van der Waals surface area contributed by atoms with Gasteiger partial charge in [-0.05, 0) is 31.3 Å². The van der Waals surface area contributed by atoms with Crippen LogP contribution in [0.4, 0.5) is 21.6 Å². The predicted octanol–water partition coefficient (Wildman–Crippen LogP) is 1.82. The van der Waals surface area contributed by atoms with E-state index in [0.717, 1.165) is 31.9 Å². The molecule has 3 aromatic rings. The number of halogens is 1. The van der Waals surface area contributed by atoms with Crippen LogP contribution in [0.1, 0.15) is 5.56 Å². The molecule has 3 heterocycles. The standard InChI is InChI=1S/C20H22FN5O2/c1-24-7-9-25(10-8-24)16-5-6-26-18(12-16)23-19(17(13-27)20(26)28)22-15-4-2-3-14(21)11-15/h2-6,11-12,22,27H,7-10,13H2,1H3. The fourth-order valence-electron chi connectivity index (χ4n) is 3.37. The summed E-state index contributed by atoms with van der Waals surface area (Å²) in [4.78, 5) is 21.9. The number of benzene rings is 1. The number of nitrogens with one attached hydrogen (secondary N) is 1. The minimum absolute atomic E-state index is 0.133. The number of likely N-dealkylation sites (N-methyl/N-ethyl adjacent to an activating group) is 1. The van der Waals surface area contributed by atoms with Gasteiger partial charge in [0.05, 0.1) is 12.2 Å². The molecule has 28 heavy (non-hydrogen) atoms. The van der Waals surface area contributed by atoms with Crippen molar-refractivity contribution in [3.63, 3.8) is 0 Å². The van der Waals surface area contributed by atoms with E-state index in [4.69, 9.17) is 0 Å². The Bertz CT molecular complexity index is 1060. The molecule has 0 unspecified atom stereocenters.